The van der Waals surface area contributed by atoms with Crippen LogP contribution in [-0.2, 0) is 9.53 Å². The molecule has 0 rings (SSSR count). The van der Waals surface area contributed by atoms with Crippen molar-refractivity contribution in [3.05, 3.63) is 24.3 Å². The maximum absolute atomic E-state index is 12.4. The van der Waals surface area contributed by atoms with Crippen LogP contribution in [0.15, 0.2) is 24.3 Å². The molecule has 0 saturated carbocycles. The molecule has 1 atom stereocenters. The summed E-state index contributed by atoms with van der Waals surface area (Å²) in [7, 11) is 0. The summed E-state index contributed by atoms with van der Waals surface area (Å²) in [5.41, 5.74) is 1.14. The van der Waals surface area contributed by atoms with E-state index in [4.69, 9.17) is 4.74 Å². The molecule has 0 spiro atoms. The summed E-state index contributed by atoms with van der Waals surface area (Å²) >= 11 is 0. The van der Waals surface area contributed by atoms with Gasteiger partial charge in [0.25, 0.3) is 0 Å². The van der Waals surface area contributed by atoms with Crippen molar-refractivity contribution in [2.75, 3.05) is 26.2 Å². The second kappa shape index (κ2) is 25.0. The van der Waals surface area contributed by atoms with E-state index in [1.807, 2.05) is 6.08 Å². The summed E-state index contributed by atoms with van der Waals surface area (Å²) in [5, 5.41) is 0. The van der Waals surface area contributed by atoms with Crippen LogP contribution in [0.25, 0.3) is 0 Å². The van der Waals surface area contributed by atoms with Crippen LogP contribution in [0.2, 0.25) is 0 Å². The molecule has 0 saturated heterocycles. The lowest BCUT2D eigenvalue weighted by atomic mass is 10.1. The average molecular weight is 517 g/mol. The Labute approximate surface area is 211 Å². The third kappa shape index (κ3) is 22.6. The topological polar surface area (TPSA) is 29.5 Å². The Bertz CT molecular complexity index is 448. The Morgan fingerprint density at radius 2 is 1.41 bits per heavy atom. The number of esters is 1. The number of rotatable bonds is 22. The SMILES string of the molecule is Br.C=CC(C)CCC=C(C)COC(=O)CN(CCCCCCCC)CCCCCCCC. The summed E-state index contributed by atoms with van der Waals surface area (Å²) in [6.07, 6.45) is 21.8. The number of unbranched alkanes of at least 4 members (excludes halogenated alkanes) is 10. The molecule has 190 valence electrons. The summed E-state index contributed by atoms with van der Waals surface area (Å²) < 4.78 is 5.57. The van der Waals surface area contributed by atoms with Crippen LogP contribution in [0.3, 0.4) is 0 Å². The van der Waals surface area contributed by atoms with E-state index in [0.29, 0.717) is 19.1 Å². The van der Waals surface area contributed by atoms with Gasteiger partial charge in [-0.15, -0.1) is 23.6 Å². The smallest absolute Gasteiger partial charge is 0.320 e. The third-order valence-corrected chi connectivity index (χ3v) is 5.99. The number of hydrogen-bond donors (Lipinski definition) is 0. The Hall–Kier alpha value is -0.610. The molecule has 4 heteroatoms. The van der Waals surface area contributed by atoms with Crippen LogP contribution in [0.5, 0.6) is 0 Å². The quantitative estimate of drug-likeness (QED) is 0.0819. The van der Waals surface area contributed by atoms with Gasteiger partial charge in [-0.1, -0.05) is 97.1 Å². The first-order chi connectivity index (χ1) is 15.0. The van der Waals surface area contributed by atoms with Gasteiger partial charge in [0.2, 0.25) is 0 Å². The molecule has 0 amide bonds. The van der Waals surface area contributed by atoms with Crippen molar-refractivity contribution in [2.24, 2.45) is 5.92 Å². The van der Waals surface area contributed by atoms with E-state index in [1.54, 1.807) is 0 Å². The molecule has 32 heavy (non-hydrogen) atoms. The zero-order valence-electron chi connectivity index (χ0n) is 21.8. The van der Waals surface area contributed by atoms with Crippen molar-refractivity contribution in [3.63, 3.8) is 0 Å². The number of hydrogen-bond acceptors (Lipinski definition) is 3. The van der Waals surface area contributed by atoms with E-state index in [0.717, 1.165) is 31.5 Å². The molecule has 0 aromatic rings. The van der Waals surface area contributed by atoms with Crippen molar-refractivity contribution in [2.45, 2.75) is 118 Å². The van der Waals surface area contributed by atoms with E-state index >= 15 is 0 Å². The molecular weight excluding hydrogens is 462 g/mol. The van der Waals surface area contributed by atoms with Gasteiger partial charge < -0.3 is 4.74 Å². The van der Waals surface area contributed by atoms with Crippen molar-refractivity contribution in [1.82, 2.24) is 4.90 Å². The standard InChI is InChI=1S/C28H53NO2.BrH/c1-6-9-11-13-15-17-22-29(23-18-16-14-12-10-7-2)24-28(30)31-25-27(5)21-19-20-26(4)8-3;/h8,21,26H,3,6-7,9-20,22-25H2,1-2,4-5H3;1H. The van der Waals surface area contributed by atoms with Crippen LogP contribution >= 0.6 is 17.0 Å². The number of carbonyl (C=O) groups excluding carboxylic acids is 1. The first-order valence-corrected chi connectivity index (χ1v) is 13.2. The molecule has 0 aromatic carbocycles. The predicted octanol–water partition coefficient (Wildman–Crippen LogP) is 8.68. The Morgan fingerprint density at radius 1 is 0.906 bits per heavy atom. The van der Waals surface area contributed by atoms with Crippen LogP contribution in [0, 0.1) is 5.92 Å². The lowest BCUT2D eigenvalue weighted by Crippen LogP contribution is -2.33. The fourth-order valence-electron chi connectivity index (χ4n) is 3.69. The highest BCUT2D eigenvalue weighted by Crippen LogP contribution is 2.10. The highest BCUT2D eigenvalue weighted by Gasteiger charge is 2.12. The Kier molecular flexibility index (Phi) is 26.2. The minimum atomic E-state index is -0.0795. The van der Waals surface area contributed by atoms with Crippen LogP contribution < -0.4 is 0 Å². The molecule has 0 fully saturated rings. The molecule has 0 N–H and O–H groups in total. The fourth-order valence-corrected chi connectivity index (χ4v) is 3.69. The number of nitrogens with zero attached hydrogens (tertiary/aromatic N) is 1. The van der Waals surface area contributed by atoms with E-state index in [9.17, 15) is 4.79 Å². The van der Waals surface area contributed by atoms with Crippen molar-refractivity contribution in [1.29, 1.82) is 0 Å². The van der Waals surface area contributed by atoms with Gasteiger partial charge >= 0.3 is 5.97 Å². The predicted molar refractivity (Wildman–Crippen MR) is 147 cm³/mol. The number of carbonyl (C=O) groups is 1. The summed E-state index contributed by atoms with van der Waals surface area (Å²) in [6, 6.07) is 0. The lowest BCUT2D eigenvalue weighted by Gasteiger charge is -2.21. The average Bonchev–Trinajstić information content (AvgIpc) is 2.76. The lowest BCUT2D eigenvalue weighted by molar-refractivity contribution is -0.144. The van der Waals surface area contributed by atoms with Gasteiger partial charge in [-0.05, 0) is 57.2 Å². The maximum Gasteiger partial charge on any atom is 0.320 e. The molecular formula is C28H54BrNO2. The first kappa shape index (κ1) is 33.6. The minimum absolute atomic E-state index is 0. The Morgan fingerprint density at radius 3 is 1.91 bits per heavy atom. The van der Waals surface area contributed by atoms with E-state index in [2.05, 4.69) is 45.2 Å². The van der Waals surface area contributed by atoms with Gasteiger partial charge in [0.1, 0.15) is 6.61 Å². The minimum Gasteiger partial charge on any atom is -0.460 e. The van der Waals surface area contributed by atoms with Crippen LogP contribution in [0.4, 0.5) is 0 Å². The molecule has 1 unspecified atom stereocenters. The zero-order chi connectivity index (χ0) is 23.2. The van der Waals surface area contributed by atoms with Crippen LogP contribution in [0.1, 0.15) is 118 Å². The molecule has 0 aliphatic carbocycles. The monoisotopic (exact) mass is 515 g/mol. The van der Waals surface area contributed by atoms with Gasteiger partial charge in [-0.25, -0.2) is 0 Å². The number of ether oxygens (including phenoxy) is 1. The summed E-state index contributed by atoms with van der Waals surface area (Å²) in [6.45, 7) is 15.5. The largest absolute Gasteiger partial charge is 0.460 e. The van der Waals surface area contributed by atoms with E-state index in [1.165, 1.54) is 77.0 Å². The van der Waals surface area contributed by atoms with Gasteiger partial charge in [0.15, 0.2) is 0 Å². The van der Waals surface area contributed by atoms with Gasteiger partial charge in [-0.3, -0.25) is 9.69 Å². The molecule has 0 aliphatic rings. The second-order valence-corrected chi connectivity index (χ2v) is 9.31. The second-order valence-electron chi connectivity index (χ2n) is 9.31. The van der Waals surface area contributed by atoms with Gasteiger partial charge in [0, 0.05) is 0 Å². The molecule has 0 bridgehead atoms. The molecule has 0 heterocycles. The summed E-state index contributed by atoms with van der Waals surface area (Å²) in [4.78, 5) is 14.8. The Balaban J connectivity index is 0. The number of allylic oxidation sites excluding steroid dienone is 2. The highest BCUT2D eigenvalue weighted by atomic mass is 79.9. The molecule has 0 radical (unpaired) electrons. The summed E-state index contributed by atoms with van der Waals surface area (Å²) in [5.74, 6) is 0.452. The van der Waals surface area contributed by atoms with E-state index < -0.39 is 0 Å². The van der Waals surface area contributed by atoms with Crippen molar-refractivity contribution >= 4 is 23.0 Å². The van der Waals surface area contributed by atoms with Gasteiger partial charge in [0.05, 0.1) is 6.54 Å². The normalized spacial score (nSPS) is 12.5. The highest BCUT2D eigenvalue weighted by molar-refractivity contribution is 8.93. The zero-order valence-corrected chi connectivity index (χ0v) is 23.6. The first-order valence-electron chi connectivity index (χ1n) is 13.2. The molecule has 0 aromatic heterocycles. The van der Waals surface area contributed by atoms with Crippen LogP contribution in [-0.4, -0.2) is 37.1 Å². The molecule has 3 nitrogen and oxygen atoms in total. The fraction of sp³-hybridized carbons (Fsp3) is 0.821. The maximum atomic E-state index is 12.4. The number of halogens is 1. The van der Waals surface area contributed by atoms with E-state index in [-0.39, 0.29) is 23.0 Å². The van der Waals surface area contributed by atoms with Crippen molar-refractivity contribution < 1.29 is 9.53 Å². The van der Waals surface area contributed by atoms with Crippen molar-refractivity contribution in [3.8, 4) is 0 Å². The molecule has 0 aliphatic heterocycles. The third-order valence-electron chi connectivity index (χ3n) is 5.99. The van der Waals surface area contributed by atoms with Gasteiger partial charge in [-0.2, -0.15) is 0 Å².